The molecule has 2 aromatic carbocycles. The van der Waals surface area contributed by atoms with Crippen molar-refractivity contribution in [2.45, 2.75) is 42.8 Å². The Morgan fingerprint density at radius 2 is 1.72 bits per heavy atom. The largest absolute Gasteiger partial charge is 0.344 e. The van der Waals surface area contributed by atoms with Crippen LogP contribution in [0.5, 0.6) is 0 Å². The van der Waals surface area contributed by atoms with Crippen molar-refractivity contribution >= 4 is 78.5 Å². The summed E-state index contributed by atoms with van der Waals surface area (Å²) in [5.74, 6) is -0.629. The standard InChI is InChI=1S/C28H27BrCl2N6O5S/c1-28(15-17-2-4-18(29)5-3-17)26(40)36(21-13-19(30)12-20(31)14-21)27-32-16-24(37(27)28)43(41,42)35-10-8-34(9-11-35)25(39)22-6-7-23(38)33-22/h2-5,12-14,16,22H,6-11,15H2,1H3,(H,33,38)/t22?,28-/m1/s1. The minimum Gasteiger partial charge on any atom is -0.344 e. The minimum absolute atomic E-state index is 0.0558. The van der Waals surface area contributed by atoms with Crippen molar-refractivity contribution in [2.75, 3.05) is 31.1 Å². The van der Waals surface area contributed by atoms with Gasteiger partial charge in [0.05, 0.1) is 11.9 Å². The molecule has 1 aromatic heterocycles. The predicted octanol–water partition coefficient (Wildman–Crippen LogP) is 3.70. The van der Waals surface area contributed by atoms with Crippen molar-refractivity contribution in [1.29, 1.82) is 0 Å². The molecule has 6 rings (SSSR count). The first-order chi connectivity index (χ1) is 20.4. The van der Waals surface area contributed by atoms with E-state index in [-0.39, 0.29) is 61.3 Å². The fraction of sp³-hybridized carbons (Fsp3) is 0.357. The summed E-state index contributed by atoms with van der Waals surface area (Å²) < 4.78 is 32.0. The fourth-order valence-electron chi connectivity index (χ4n) is 5.91. The molecule has 2 fully saturated rings. The lowest BCUT2D eigenvalue weighted by molar-refractivity contribution is -0.135. The molecule has 0 aliphatic carbocycles. The number of rotatable bonds is 6. The van der Waals surface area contributed by atoms with E-state index in [1.807, 2.05) is 24.3 Å². The average Bonchev–Trinajstić information content (AvgIpc) is 3.65. The van der Waals surface area contributed by atoms with Crippen molar-refractivity contribution < 1.29 is 22.8 Å². The van der Waals surface area contributed by atoms with E-state index in [2.05, 4.69) is 26.2 Å². The first kappa shape index (κ1) is 30.1. The summed E-state index contributed by atoms with van der Waals surface area (Å²) in [6, 6.07) is 11.6. The van der Waals surface area contributed by atoms with Gasteiger partial charge in [0.25, 0.3) is 15.9 Å². The Morgan fingerprint density at radius 3 is 2.33 bits per heavy atom. The number of hydrogen-bond donors (Lipinski definition) is 1. The Labute approximate surface area is 266 Å². The molecule has 4 heterocycles. The molecule has 0 spiro atoms. The second kappa shape index (κ2) is 11.2. The van der Waals surface area contributed by atoms with Gasteiger partial charge in [-0.3, -0.25) is 19.0 Å². The van der Waals surface area contributed by atoms with Crippen LogP contribution in [0.25, 0.3) is 0 Å². The molecule has 0 radical (unpaired) electrons. The van der Waals surface area contributed by atoms with Crippen molar-refractivity contribution in [3.8, 4) is 0 Å². The summed E-state index contributed by atoms with van der Waals surface area (Å²) >= 11 is 16.0. The summed E-state index contributed by atoms with van der Waals surface area (Å²) in [5, 5.41) is 3.17. The molecular weight excluding hydrogens is 683 g/mol. The third-order valence-electron chi connectivity index (χ3n) is 8.08. The van der Waals surface area contributed by atoms with E-state index in [0.717, 1.165) is 10.0 Å². The molecule has 3 aliphatic rings. The highest BCUT2D eigenvalue weighted by molar-refractivity contribution is 9.10. The number of piperazine rings is 1. The molecule has 1 unspecified atom stereocenters. The molecule has 15 heteroatoms. The monoisotopic (exact) mass is 708 g/mol. The van der Waals surface area contributed by atoms with Gasteiger partial charge in [-0.15, -0.1) is 0 Å². The highest BCUT2D eigenvalue weighted by atomic mass is 79.9. The van der Waals surface area contributed by atoms with Crippen LogP contribution in [0.2, 0.25) is 10.0 Å². The maximum absolute atomic E-state index is 14.2. The summed E-state index contributed by atoms with van der Waals surface area (Å²) in [5.41, 5.74) is -0.182. The lowest BCUT2D eigenvalue weighted by Gasteiger charge is -2.35. The van der Waals surface area contributed by atoms with Gasteiger partial charge in [0, 0.05) is 53.5 Å². The molecular formula is C28H27BrCl2N6O5S. The van der Waals surface area contributed by atoms with E-state index in [0.29, 0.717) is 28.6 Å². The lowest BCUT2D eigenvalue weighted by atomic mass is 9.92. The molecule has 0 saturated carbocycles. The number of anilines is 2. The van der Waals surface area contributed by atoms with Gasteiger partial charge in [-0.05, 0) is 49.2 Å². The minimum atomic E-state index is -4.15. The molecule has 1 N–H and O–H groups in total. The van der Waals surface area contributed by atoms with Crippen LogP contribution in [-0.4, -0.2) is 77.1 Å². The SMILES string of the molecule is C[C@@]1(Cc2ccc(Br)cc2)C(=O)N(c2cc(Cl)cc(Cl)c2)c2ncc(S(=O)(=O)N3CCN(C(=O)C4CCC(=O)N4)CC3)n21. The third kappa shape index (κ3) is 5.35. The molecule has 43 heavy (non-hydrogen) atoms. The van der Waals surface area contributed by atoms with E-state index < -0.39 is 21.6 Å². The number of carbonyl (C=O) groups is 3. The highest BCUT2D eigenvalue weighted by Crippen LogP contribution is 2.45. The van der Waals surface area contributed by atoms with Crippen molar-refractivity contribution in [3.05, 3.63) is 68.7 Å². The van der Waals surface area contributed by atoms with E-state index >= 15 is 0 Å². The Hall–Kier alpha value is -2.97. The quantitative estimate of drug-likeness (QED) is 0.417. The van der Waals surface area contributed by atoms with E-state index in [9.17, 15) is 22.8 Å². The number of nitrogens with one attached hydrogen (secondary N) is 1. The Bertz CT molecular complexity index is 1720. The first-order valence-corrected chi connectivity index (χ1v) is 16.6. The molecule has 3 aromatic rings. The number of amides is 3. The predicted molar refractivity (Wildman–Crippen MR) is 164 cm³/mol. The van der Waals surface area contributed by atoms with Gasteiger partial charge in [0.15, 0.2) is 5.03 Å². The van der Waals surface area contributed by atoms with Gasteiger partial charge in [-0.2, -0.15) is 4.31 Å². The maximum atomic E-state index is 14.2. The summed E-state index contributed by atoms with van der Waals surface area (Å²) in [7, 11) is -4.15. The van der Waals surface area contributed by atoms with Crippen molar-refractivity contribution in [1.82, 2.24) is 24.1 Å². The maximum Gasteiger partial charge on any atom is 0.260 e. The molecule has 0 bridgehead atoms. The number of carbonyl (C=O) groups excluding carboxylic acids is 3. The number of sulfonamides is 1. The normalized spacial score (nSPS) is 22.7. The van der Waals surface area contributed by atoms with Crippen LogP contribution in [0.3, 0.4) is 0 Å². The van der Waals surface area contributed by atoms with E-state index in [1.165, 1.54) is 20.0 Å². The van der Waals surface area contributed by atoms with E-state index in [4.69, 9.17) is 23.2 Å². The smallest absolute Gasteiger partial charge is 0.260 e. The number of nitrogens with zero attached hydrogens (tertiary/aromatic N) is 5. The zero-order valence-corrected chi connectivity index (χ0v) is 26.9. The zero-order valence-electron chi connectivity index (χ0n) is 23.0. The van der Waals surface area contributed by atoms with Crippen LogP contribution in [0.1, 0.15) is 25.3 Å². The number of fused-ring (bicyclic) bond motifs is 1. The van der Waals surface area contributed by atoms with Gasteiger partial charge < -0.3 is 10.2 Å². The van der Waals surface area contributed by atoms with Gasteiger partial charge >= 0.3 is 0 Å². The van der Waals surface area contributed by atoms with Gasteiger partial charge in [-0.1, -0.05) is 51.3 Å². The fourth-order valence-corrected chi connectivity index (χ4v) is 8.30. The van der Waals surface area contributed by atoms with Gasteiger partial charge in [0.1, 0.15) is 11.6 Å². The van der Waals surface area contributed by atoms with Crippen molar-refractivity contribution in [3.63, 3.8) is 0 Å². The lowest BCUT2D eigenvalue weighted by Crippen LogP contribution is -2.54. The molecule has 226 valence electrons. The molecule has 3 aliphatic heterocycles. The van der Waals surface area contributed by atoms with Gasteiger partial charge in [-0.25, -0.2) is 18.3 Å². The van der Waals surface area contributed by atoms with Crippen LogP contribution < -0.4 is 10.2 Å². The van der Waals surface area contributed by atoms with Gasteiger partial charge in [0.2, 0.25) is 17.8 Å². The third-order valence-corrected chi connectivity index (χ3v) is 10.9. The summed E-state index contributed by atoms with van der Waals surface area (Å²) in [4.78, 5) is 46.1. The summed E-state index contributed by atoms with van der Waals surface area (Å²) in [6.45, 7) is 2.15. The number of imidazole rings is 1. The zero-order chi connectivity index (χ0) is 30.7. The van der Waals surface area contributed by atoms with Crippen LogP contribution in [0.15, 0.2) is 58.2 Å². The number of benzene rings is 2. The first-order valence-electron chi connectivity index (χ1n) is 13.6. The second-order valence-electron chi connectivity index (χ2n) is 11.0. The molecule has 11 nitrogen and oxygen atoms in total. The van der Waals surface area contributed by atoms with Crippen LogP contribution >= 0.6 is 39.1 Å². The molecule has 2 saturated heterocycles. The number of halogens is 3. The second-order valence-corrected chi connectivity index (χ2v) is 14.6. The van der Waals surface area contributed by atoms with Crippen LogP contribution in [0.4, 0.5) is 11.6 Å². The van der Waals surface area contributed by atoms with E-state index in [1.54, 1.807) is 30.0 Å². The summed E-state index contributed by atoms with van der Waals surface area (Å²) in [6.07, 6.45) is 2.18. The van der Waals surface area contributed by atoms with Crippen molar-refractivity contribution in [2.24, 2.45) is 0 Å². The average molecular weight is 710 g/mol. The molecule has 2 atom stereocenters. The Morgan fingerprint density at radius 1 is 1.07 bits per heavy atom. The topological polar surface area (TPSA) is 125 Å². The van der Waals surface area contributed by atoms with Crippen LogP contribution in [0, 0.1) is 0 Å². The highest BCUT2D eigenvalue weighted by Gasteiger charge is 2.52. The number of hydrogen-bond acceptors (Lipinski definition) is 6. The van der Waals surface area contributed by atoms with Crippen LogP contribution in [-0.2, 0) is 36.4 Å². The molecule has 3 amide bonds. The Kier molecular flexibility index (Phi) is 7.82. The number of aromatic nitrogens is 2. The Balaban J connectivity index is 1.35.